The third-order valence-electron chi connectivity index (χ3n) is 3.43. The van der Waals surface area contributed by atoms with Crippen LogP contribution in [0.4, 0.5) is 5.13 Å². The van der Waals surface area contributed by atoms with Crippen LogP contribution in [0.2, 0.25) is 0 Å². The number of anilines is 1. The van der Waals surface area contributed by atoms with Gasteiger partial charge in [-0.15, -0.1) is 11.3 Å². The summed E-state index contributed by atoms with van der Waals surface area (Å²) in [6.07, 6.45) is 0. The first-order chi connectivity index (χ1) is 10.7. The molecule has 0 aliphatic heterocycles. The van der Waals surface area contributed by atoms with E-state index in [-0.39, 0.29) is 17.9 Å². The normalized spacial score (nSPS) is 11.4. The van der Waals surface area contributed by atoms with Gasteiger partial charge in [-0.05, 0) is 52.9 Å². The number of aryl methyl sites for hydroxylation is 2. The summed E-state index contributed by atoms with van der Waals surface area (Å²) in [5.41, 5.74) is 2.21. The molecule has 1 aromatic carbocycles. The Balaban J connectivity index is 1.96. The van der Waals surface area contributed by atoms with Crippen LogP contribution < -0.4 is 10.1 Å². The van der Waals surface area contributed by atoms with E-state index in [4.69, 9.17) is 4.74 Å². The van der Waals surface area contributed by atoms with E-state index in [9.17, 15) is 4.79 Å². The number of rotatable bonds is 4. The molecule has 0 aliphatic carbocycles. The molecule has 1 aromatic heterocycles. The molecule has 0 radical (unpaired) electrons. The lowest BCUT2D eigenvalue weighted by Gasteiger charge is -2.20. The molecule has 0 saturated carbocycles. The summed E-state index contributed by atoms with van der Waals surface area (Å²) in [4.78, 5) is 17.3. The van der Waals surface area contributed by atoms with E-state index in [0.717, 1.165) is 15.0 Å². The van der Waals surface area contributed by atoms with E-state index < -0.39 is 0 Å². The molecule has 2 rings (SSSR count). The van der Waals surface area contributed by atoms with Gasteiger partial charge in [0, 0.05) is 4.88 Å². The first kappa shape index (κ1) is 17.9. The van der Waals surface area contributed by atoms with Crippen LogP contribution in [0, 0.1) is 13.8 Å². The molecule has 0 bridgehead atoms. The molecule has 2 aromatic rings. The molecule has 23 heavy (non-hydrogen) atoms. The third-order valence-corrected chi connectivity index (χ3v) is 5.04. The minimum atomic E-state index is -0.217. The van der Waals surface area contributed by atoms with Crippen LogP contribution in [0.5, 0.6) is 5.75 Å². The minimum absolute atomic E-state index is 0.0505. The molecule has 0 aliphatic rings. The van der Waals surface area contributed by atoms with Crippen molar-refractivity contribution < 1.29 is 9.53 Å². The highest BCUT2D eigenvalue weighted by molar-refractivity contribution is 9.10. The van der Waals surface area contributed by atoms with Crippen molar-refractivity contribution in [3.63, 3.8) is 0 Å². The quantitative estimate of drug-likeness (QED) is 0.804. The number of amides is 1. The minimum Gasteiger partial charge on any atom is -0.483 e. The van der Waals surface area contributed by atoms with E-state index in [1.165, 1.54) is 16.9 Å². The molecule has 0 spiro atoms. The van der Waals surface area contributed by atoms with Gasteiger partial charge in [-0.2, -0.15) is 0 Å². The highest BCUT2D eigenvalue weighted by atomic mass is 79.9. The van der Waals surface area contributed by atoms with Gasteiger partial charge in [0.05, 0.1) is 10.2 Å². The first-order valence-corrected chi connectivity index (χ1v) is 8.94. The van der Waals surface area contributed by atoms with Crippen molar-refractivity contribution in [3.05, 3.63) is 38.8 Å². The van der Waals surface area contributed by atoms with Crippen molar-refractivity contribution in [3.8, 4) is 5.75 Å². The first-order valence-electron chi connectivity index (χ1n) is 7.33. The molecule has 0 saturated heterocycles. The van der Waals surface area contributed by atoms with Gasteiger partial charge in [0.2, 0.25) is 0 Å². The van der Waals surface area contributed by atoms with Gasteiger partial charge in [0.25, 0.3) is 5.91 Å². The SMILES string of the molecule is Cc1nc(NC(=O)COc2ccc(C(C)(C)C)cc2Br)sc1C. The number of benzene rings is 1. The van der Waals surface area contributed by atoms with Gasteiger partial charge < -0.3 is 4.74 Å². The molecule has 124 valence electrons. The van der Waals surface area contributed by atoms with Gasteiger partial charge >= 0.3 is 0 Å². The Bertz CT molecular complexity index is 700. The van der Waals surface area contributed by atoms with E-state index in [2.05, 4.69) is 47.0 Å². The summed E-state index contributed by atoms with van der Waals surface area (Å²) in [6.45, 7) is 10.3. The second-order valence-electron chi connectivity index (χ2n) is 6.39. The fraction of sp³-hybridized carbons (Fsp3) is 0.412. The highest BCUT2D eigenvalue weighted by Gasteiger charge is 2.16. The highest BCUT2D eigenvalue weighted by Crippen LogP contribution is 2.31. The molecule has 1 N–H and O–H groups in total. The van der Waals surface area contributed by atoms with Crippen LogP contribution in [0.15, 0.2) is 22.7 Å². The Morgan fingerprint density at radius 1 is 1.35 bits per heavy atom. The molecular formula is C17H21BrN2O2S. The van der Waals surface area contributed by atoms with Gasteiger partial charge in [-0.3, -0.25) is 10.1 Å². The van der Waals surface area contributed by atoms with E-state index in [1.807, 2.05) is 32.0 Å². The summed E-state index contributed by atoms with van der Waals surface area (Å²) in [5, 5.41) is 3.36. The van der Waals surface area contributed by atoms with Crippen LogP contribution in [0.3, 0.4) is 0 Å². The average Bonchev–Trinajstić information content (AvgIpc) is 2.74. The number of hydrogen-bond acceptors (Lipinski definition) is 4. The number of halogens is 1. The van der Waals surface area contributed by atoms with Crippen molar-refractivity contribution in [1.82, 2.24) is 4.98 Å². The Hall–Kier alpha value is -1.40. The molecule has 4 nitrogen and oxygen atoms in total. The van der Waals surface area contributed by atoms with Crippen LogP contribution in [0.1, 0.15) is 36.9 Å². The predicted octanol–water partition coefficient (Wildman–Crippen LogP) is 4.84. The lowest BCUT2D eigenvalue weighted by Crippen LogP contribution is -2.20. The molecule has 0 fully saturated rings. The number of carbonyl (C=O) groups excluding carboxylic acids is 1. The van der Waals surface area contributed by atoms with Crippen LogP contribution in [-0.2, 0) is 10.2 Å². The Morgan fingerprint density at radius 2 is 2.04 bits per heavy atom. The van der Waals surface area contributed by atoms with Gasteiger partial charge in [-0.25, -0.2) is 4.98 Å². The van der Waals surface area contributed by atoms with Crippen LogP contribution in [0.25, 0.3) is 0 Å². The Labute approximate surface area is 149 Å². The van der Waals surface area contributed by atoms with E-state index in [0.29, 0.717) is 10.9 Å². The number of aromatic nitrogens is 1. The zero-order chi connectivity index (χ0) is 17.2. The monoisotopic (exact) mass is 396 g/mol. The summed E-state index contributed by atoms with van der Waals surface area (Å²) in [7, 11) is 0. The van der Waals surface area contributed by atoms with Crippen LogP contribution >= 0.6 is 27.3 Å². The molecule has 1 amide bonds. The fourth-order valence-corrected chi connectivity index (χ4v) is 3.23. The maximum absolute atomic E-state index is 12.0. The number of ether oxygens (including phenoxy) is 1. The smallest absolute Gasteiger partial charge is 0.264 e. The summed E-state index contributed by atoms with van der Waals surface area (Å²) in [6, 6.07) is 5.93. The third kappa shape index (κ3) is 4.78. The molecular weight excluding hydrogens is 376 g/mol. The second-order valence-corrected chi connectivity index (χ2v) is 8.45. The molecule has 1 heterocycles. The van der Waals surface area contributed by atoms with Crippen molar-refractivity contribution in [2.45, 2.75) is 40.0 Å². The lowest BCUT2D eigenvalue weighted by atomic mass is 9.87. The van der Waals surface area contributed by atoms with E-state index >= 15 is 0 Å². The topological polar surface area (TPSA) is 51.2 Å². The number of nitrogens with zero attached hydrogens (tertiary/aromatic N) is 1. The number of carbonyl (C=O) groups is 1. The zero-order valence-corrected chi connectivity index (χ0v) is 16.4. The molecule has 0 unspecified atom stereocenters. The van der Waals surface area contributed by atoms with Gasteiger partial charge in [0.15, 0.2) is 11.7 Å². The second kappa shape index (κ2) is 7.01. The van der Waals surface area contributed by atoms with Gasteiger partial charge in [0.1, 0.15) is 5.75 Å². The molecule has 6 heteroatoms. The van der Waals surface area contributed by atoms with Crippen molar-refractivity contribution >= 4 is 38.3 Å². The summed E-state index contributed by atoms with van der Waals surface area (Å²) in [5.74, 6) is 0.435. The predicted molar refractivity (Wildman–Crippen MR) is 98.6 cm³/mol. The van der Waals surface area contributed by atoms with Crippen LogP contribution in [-0.4, -0.2) is 17.5 Å². The Morgan fingerprint density at radius 3 is 2.57 bits per heavy atom. The average molecular weight is 397 g/mol. The maximum atomic E-state index is 12.0. The van der Waals surface area contributed by atoms with Gasteiger partial charge in [-0.1, -0.05) is 26.8 Å². The lowest BCUT2D eigenvalue weighted by molar-refractivity contribution is -0.118. The maximum Gasteiger partial charge on any atom is 0.264 e. The van der Waals surface area contributed by atoms with Crippen molar-refractivity contribution in [1.29, 1.82) is 0 Å². The fourth-order valence-electron chi connectivity index (χ4n) is 1.91. The standard InChI is InChI=1S/C17H21BrN2O2S/c1-10-11(2)23-16(19-10)20-15(21)9-22-14-7-6-12(8-13(14)18)17(3,4)5/h6-8H,9H2,1-5H3,(H,19,20,21). The van der Waals surface area contributed by atoms with Crippen molar-refractivity contribution in [2.24, 2.45) is 0 Å². The number of hydrogen-bond donors (Lipinski definition) is 1. The van der Waals surface area contributed by atoms with E-state index in [1.54, 1.807) is 0 Å². The largest absolute Gasteiger partial charge is 0.483 e. The van der Waals surface area contributed by atoms with Crippen molar-refractivity contribution in [2.75, 3.05) is 11.9 Å². The Kier molecular flexibility index (Phi) is 5.47. The summed E-state index contributed by atoms with van der Waals surface area (Å²) < 4.78 is 6.44. The number of nitrogens with one attached hydrogen (secondary N) is 1. The molecule has 0 atom stereocenters. The zero-order valence-electron chi connectivity index (χ0n) is 14.0. The number of thiazole rings is 1. The summed E-state index contributed by atoms with van der Waals surface area (Å²) >= 11 is 4.97.